The molecule has 0 radical (unpaired) electrons. The molecular formula is C16H23N3O5. The molecule has 0 aliphatic heterocycles. The Kier molecular flexibility index (Phi) is 7.03. The second kappa shape index (κ2) is 8.76. The van der Waals surface area contributed by atoms with Gasteiger partial charge in [0.2, 0.25) is 0 Å². The zero-order valence-electron chi connectivity index (χ0n) is 14.0. The number of carboxylic acids is 1. The molecule has 0 atom stereocenters. The number of ether oxygens (including phenoxy) is 1. The molecule has 0 aromatic heterocycles. The fourth-order valence-corrected chi connectivity index (χ4v) is 1.70. The van der Waals surface area contributed by atoms with E-state index in [0.29, 0.717) is 25.2 Å². The summed E-state index contributed by atoms with van der Waals surface area (Å²) in [5.74, 6) is -1.06. The van der Waals surface area contributed by atoms with Crippen molar-refractivity contribution in [3.8, 4) is 0 Å². The van der Waals surface area contributed by atoms with Crippen molar-refractivity contribution in [3.63, 3.8) is 0 Å². The molecule has 0 fully saturated rings. The maximum absolute atomic E-state index is 11.7. The van der Waals surface area contributed by atoms with Gasteiger partial charge in [0.05, 0.1) is 5.56 Å². The number of hydrogen-bond donors (Lipinski definition) is 4. The number of rotatable bonds is 6. The highest BCUT2D eigenvalue weighted by Gasteiger charge is 2.15. The van der Waals surface area contributed by atoms with Gasteiger partial charge in [-0.25, -0.2) is 14.4 Å². The quantitative estimate of drug-likeness (QED) is 0.595. The van der Waals surface area contributed by atoms with Gasteiger partial charge in [0.25, 0.3) is 0 Å². The van der Waals surface area contributed by atoms with E-state index >= 15 is 0 Å². The number of aromatic carboxylic acids is 1. The van der Waals surface area contributed by atoms with Gasteiger partial charge in [-0.2, -0.15) is 0 Å². The number of carbonyl (C=O) groups is 3. The summed E-state index contributed by atoms with van der Waals surface area (Å²) in [6.07, 6.45) is 0.0272. The van der Waals surface area contributed by atoms with Crippen LogP contribution in [-0.2, 0) is 4.74 Å². The lowest BCUT2D eigenvalue weighted by Crippen LogP contribution is -2.35. The minimum atomic E-state index is -1.06. The molecule has 0 aliphatic carbocycles. The van der Waals surface area contributed by atoms with Crippen molar-refractivity contribution >= 4 is 23.8 Å². The monoisotopic (exact) mass is 337 g/mol. The van der Waals surface area contributed by atoms with Crippen LogP contribution in [0, 0.1) is 0 Å². The molecule has 3 amide bonds. The van der Waals surface area contributed by atoms with Crippen molar-refractivity contribution in [2.75, 3.05) is 18.4 Å². The number of nitrogens with one attached hydrogen (secondary N) is 3. The molecule has 0 saturated heterocycles. The fraction of sp³-hybridized carbons (Fsp3) is 0.438. The lowest BCUT2D eigenvalue weighted by Gasteiger charge is -2.19. The Morgan fingerprint density at radius 3 is 2.42 bits per heavy atom. The predicted octanol–water partition coefficient (Wildman–Crippen LogP) is 2.42. The molecule has 8 nitrogen and oxygen atoms in total. The van der Waals surface area contributed by atoms with Gasteiger partial charge in [-0.05, 0) is 45.4 Å². The van der Waals surface area contributed by atoms with Gasteiger partial charge in [0, 0.05) is 18.8 Å². The minimum absolute atomic E-state index is 0.0920. The molecule has 0 saturated carbocycles. The molecule has 0 spiro atoms. The molecule has 8 heteroatoms. The molecule has 1 aromatic carbocycles. The Morgan fingerprint density at radius 1 is 1.12 bits per heavy atom. The summed E-state index contributed by atoms with van der Waals surface area (Å²) in [5.41, 5.74) is -0.0687. The summed E-state index contributed by atoms with van der Waals surface area (Å²) >= 11 is 0. The zero-order chi connectivity index (χ0) is 18.2. The van der Waals surface area contributed by atoms with E-state index in [1.165, 1.54) is 12.1 Å². The highest BCUT2D eigenvalue weighted by Crippen LogP contribution is 2.10. The highest BCUT2D eigenvalue weighted by atomic mass is 16.6. The van der Waals surface area contributed by atoms with Crippen LogP contribution in [0.5, 0.6) is 0 Å². The van der Waals surface area contributed by atoms with Crippen molar-refractivity contribution in [1.82, 2.24) is 10.6 Å². The summed E-state index contributed by atoms with van der Waals surface area (Å²) in [4.78, 5) is 34.0. The number of urea groups is 1. The van der Waals surface area contributed by atoms with Crippen LogP contribution in [0.15, 0.2) is 24.3 Å². The van der Waals surface area contributed by atoms with Crippen LogP contribution in [0.2, 0.25) is 0 Å². The number of hydrogen-bond acceptors (Lipinski definition) is 4. The third kappa shape index (κ3) is 8.02. The van der Waals surface area contributed by atoms with Crippen molar-refractivity contribution in [1.29, 1.82) is 0 Å². The molecule has 132 valence electrons. The van der Waals surface area contributed by atoms with Gasteiger partial charge in [0.1, 0.15) is 5.60 Å². The predicted molar refractivity (Wildman–Crippen MR) is 89.3 cm³/mol. The molecule has 24 heavy (non-hydrogen) atoms. The second-order valence-corrected chi connectivity index (χ2v) is 6.05. The average molecular weight is 337 g/mol. The second-order valence-electron chi connectivity index (χ2n) is 6.05. The number of amides is 3. The third-order valence-electron chi connectivity index (χ3n) is 2.67. The van der Waals surface area contributed by atoms with Crippen LogP contribution in [-0.4, -0.2) is 41.9 Å². The van der Waals surface area contributed by atoms with Crippen LogP contribution in [0.4, 0.5) is 15.3 Å². The standard InChI is InChI=1S/C16H23N3O5/c1-16(2,3)24-15(23)18-9-5-8-17-14(22)19-12-7-4-6-11(10-12)13(20)21/h4,6-7,10H,5,8-9H2,1-3H3,(H,18,23)(H,20,21)(H2,17,19,22). The largest absolute Gasteiger partial charge is 0.478 e. The van der Waals surface area contributed by atoms with Gasteiger partial charge in [-0.1, -0.05) is 6.07 Å². The number of anilines is 1. The van der Waals surface area contributed by atoms with E-state index in [2.05, 4.69) is 16.0 Å². The highest BCUT2D eigenvalue weighted by molar-refractivity contribution is 5.93. The lowest BCUT2D eigenvalue weighted by molar-refractivity contribution is 0.0527. The van der Waals surface area contributed by atoms with E-state index in [4.69, 9.17) is 9.84 Å². The lowest BCUT2D eigenvalue weighted by atomic mass is 10.2. The van der Waals surface area contributed by atoms with Gasteiger partial charge in [0.15, 0.2) is 0 Å². The first-order valence-electron chi connectivity index (χ1n) is 7.52. The maximum atomic E-state index is 11.7. The number of alkyl carbamates (subject to hydrolysis) is 1. The Hall–Kier alpha value is -2.77. The summed E-state index contributed by atoms with van der Waals surface area (Å²) in [5, 5.41) is 16.6. The first-order chi connectivity index (χ1) is 11.2. The summed E-state index contributed by atoms with van der Waals surface area (Å²) in [6.45, 7) is 6.04. The maximum Gasteiger partial charge on any atom is 0.407 e. The molecule has 4 N–H and O–H groups in total. The van der Waals surface area contributed by atoms with E-state index in [9.17, 15) is 14.4 Å². The number of carbonyl (C=O) groups excluding carboxylic acids is 2. The molecule has 1 rings (SSSR count). The Labute approximate surface area is 140 Å². The van der Waals surface area contributed by atoms with E-state index in [1.807, 2.05) is 0 Å². The van der Waals surface area contributed by atoms with E-state index in [0.717, 1.165) is 0 Å². The van der Waals surface area contributed by atoms with Crippen molar-refractivity contribution in [3.05, 3.63) is 29.8 Å². The molecule has 0 aliphatic rings. The van der Waals surface area contributed by atoms with Gasteiger partial charge in [-0.3, -0.25) is 0 Å². The molecular weight excluding hydrogens is 314 g/mol. The fourth-order valence-electron chi connectivity index (χ4n) is 1.70. The average Bonchev–Trinajstić information content (AvgIpc) is 2.45. The SMILES string of the molecule is CC(C)(C)OC(=O)NCCCNC(=O)Nc1cccc(C(=O)O)c1. The third-order valence-corrected chi connectivity index (χ3v) is 2.67. The Bertz CT molecular complexity index is 596. The van der Waals surface area contributed by atoms with Crippen LogP contribution in [0.3, 0.4) is 0 Å². The molecule has 0 heterocycles. The van der Waals surface area contributed by atoms with E-state index in [-0.39, 0.29) is 5.56 Å². The van der Waals surface area contributed by atoms with Crippen LogP contribution >= 0.6 is 0 Å². The van der Waals surface area contributed by atoms with E-state index in [1.54, 1.807) is 32.9 Å². The topological polar surface area (TPSA) is 117 Å². The number of benzene rings is 1. The van der Waals surface area contributed by atoms with Crippen LogP contribution in [0.25, 0.3) is 0 Å². The normalized spacial score (nSPS) is 10.6. The zero-order valence-corrected chi connectivity index (χ0v) is 14.0. The van der Waals surface area contributed by atoms with Crippen LogP contribution < -0.4 is 16.0 Å². The molecule has 0 unspecified atom stereocenters. The molecule has 0 bridgehead atoms. The summed E-state index contributed by atoms with van der Waals surface area (Å²) in [7, 11) is 0. The number of carboxylic acid groups (broad SMARTS) is 1. The van der Waals surface area contributed by atoms with Crippen molar-refractivity contribution < 1.29 is 24.2 Å². The van der Waals surface area contributed by atoms with Gasteiger partial charge >= 0.3 is 18.1 Å². The van der Waals surface area contributed by atoms with Crippen LogP contribution in [0.1, 0.15) is 37.6 Å². The first-order valence-corrected chi connectivity index (χ1v) is 7.52. The van der Waals surface area contributed by atoms with Crippen molar-refractivity contribution in [2.45, 2.75) is 32.8 Å². The Balaban J connectivity index is 2.24. The van der Waals surface area contributed by atoms with E-state index < -0.39 is 23.7 Å². The van der Waals surface area contributed by atoms with Crippen molar-refractivity contribution in [2.24, 2.45) is 0 Å². The first kappa shape index (κ1) is 19.3. The van der Waals surface area contributed by atoms with Gasteiger partial charge < -0.3 is 25.8 Å². The summed E-state index contributed by atoms with van der Waals surface area (Å²) in [6, 6.07) is 5.49. The smallest absolute Gasteiger partial charge is 0.407 e. The van der Waals surface area contributed by atoms with Gasteiger partial charge in [-0.15, -0.1) is 0 Å². The molecule has 1 aromatic rings. The minimum Gasteiger partial charge on any atom is -0.478 e. The summed E-state index contributed by atoms with van der Waals surface area (Å²) < 4.78 is 5.08. The Morgan fingerprint density at radius 2 is 1.79 bits per heavy atom.